The van der Waals surface area contributed by atoms with Gasteiger partial charge in [-0.1, -0.05) is 52.0 Å². The van der Waals surface area contributed by atoms with Gasteiger partial charge in [0.05, 0.1) is 0 Å². The molecule has 0 spiro atoms. The molecule has 2 heteroatoms. The third-order valence-corrected chi connectivity index (χ3v) is 4.61. The first-order valence-corrected chi connectivity index (χ1v) is 8.48. The predicted molar refractivity (Wildman–Crippen MR) is 102 cm³/mol. The monoisotopic (exact) mass is 310 g/mol. The van der Waals surface area contributed by atoms with E-state index in [0.29, 0.717) is 11.8 Å². The van der Waals surface area contributed by atoms with Crippen LogP contribution in [0.4, 0.5) is 11.4 Å². The Morgan fingerprint density at radius 2 is 1.09 bits per heavy atom. The maximum Gasteiger partial charge on any atom is 0.0384 e. The lowest BCUT2D eigenvalue weighted by Gasteiger charge is -2.19. The predicted octanol–water partition coefficient (Wildman–Crippen LogP) is 5.31. The van der Waals surface area contributed by atoms with E-state index in [4.69, 9.17) is 11.5 Å². The Kier molecular flexibility index (Phi) is 5.03. The fourth-order valence-corrected chi connectivity index (χ4v) is 3.22. The number of hydrogen-bond donors (Lipinski definition) is 2. The molecule has 0 saturated heterocycles. The van der Waals surface area contributed by atoms with E-state index in [1.54, 1.807) is 0 Å². The Hall–Kier alpha value is -1.96. The largest absolute Gasteiger partial charge is 0.398 e. The van der Waals surface area contributed by atoms with Gasteiger partial charge >= 0.3 is 0 Å². The van der Waals surface area contributed by atoms with E-state index in [-0.39, 0.29) is 0 Å². The number of aryl methyl sites for hydroxylation is 2. The summed E-state index contributed by atoms with van der Waals surface area (Å²) in [4.78, 5) is 0. The first-order valence-electron chi connectivity index (χ1n) is 8.48. The number of nitrogen functional groups attached to an aromatic ring is 2. The Morgan fingerprint density at radius 3 is 1.48 bits per heavy atom. The topological polar surface area (TPSA) is 52.0 Å². The lowest BCUT2D eigenvalue weighted by Crippen LogP contribution is -2.05. The Labute approximate surface area is 140 Å². The van der Waals surface area contributed by atoms with Crippen LogP contribution in [0.1, 0.15) is 72.9 Å². The van der Waals surface area contributed by atoms with Gasteiger partial charge in [0.15, 0.2) is 0 Å². The summed E-state index contributed by atoms with van der Waals surface area (Å²) in [6, 6.07) is 8.94. The van der Waals surface area contributed by atoms with Crippen LogP contribution in [0.2, 0.25) is 0 Å². The van der Waals surface area contributed by atoms with Crippen molar-refractivity contribution < 1.29 is 0 Å². The number of nitrogens with two attached hydrogens (primary N) is 2. The Balaban J connectivity index is 2.48. The zero-order valence-corrected chi connectivity index (χ0v) is 15.3. The number of hydrogen-bond acceptors (Lipinski definition) is 2. The van der Waals surface area contributed by atoms with Crippen molar-refractivity contribution in [3.05, 3.63) is 57.6 Å². The van der Waals surface area contributed by atoms with Crippen LogP contribution < -0.4 is 11.5 Å². The highest BCUT2D eigenvalue weighted by molar-refractivity contribution is 5.59. The van der Waals surface area contributed by atoms with E-state index in [2.05, 4.69) is 65.8 Å². The summed E-state index contributed by atoms with van der Waals surface area (Å²) in [5, 5.41) is 0. The van der Waals surface area contributed by atoms with Gasteiger partial charge in [0.2, 0.25) is 0 Å². The van der Waals surface area contributed by atoms with Crippen LogP contribution in [-0.4, -0.2) is 0 Å². The maximum absolute atomic E-state index is 6.40. The second-order valence-corrected chi connectivity index (χ2v) is 7.32. The van der Waals surface area contributed by atoms with E-state index >= 15 is 0 Å². The number of rotatable bonds is 4. The molecule has 124 valence electrons. The Morgan fingerprint density at radius 1 is 0.696 bits per heavy atom. The van der Waals surface area contributed by atoms with Crippen molar-refractivity contribution in [2.24, 2.45) is 0 Å². The highest BCUT2D eigenvalue weighted by Gasteiger charge is 2.14. The van der Waals surface area contributed by atoms with Gasteiger partial charge in [-0.25, -0.2) is 0 Å². The minimum absolute atomic E-state index is 0.433. The first-order chi connectivity index (χ1) is 10.7. The van der Waals surface area contributed by atoms with E-state index in [0.717, 1.165) is 28.9 Å². The van der Waals surface area contributed by atoms with Gasteiger partial charge < -0.3 is 11.5 Å². The molecule has 0 aliphatic rings. The first kappa shape index (κ1) is 17.4. The molecule has 0 unspecified atom stereocenters. The molecule has 2 aromatic carbocycles. The third-order valence-electron chi connectivity index (χ3n) is 4.61. The second kappa shape index (κ2) is 6.66. The molecule has 0 aliphatic carbocycles. The smallest absolute Gasteiger partial charge is 0.0384 e. The quantitative estimate of drug-likeness (QED) is 0.752. The normalized spacial score (nSPS) is 11.5. The zero-order valence-electron chi connectivity index (χ0n) is 15.3. The molecule has 0 heterocycles. The fourth-order valence-electron chi connectivity index (χ4n) is 3.22. The summed E-state index contributed by atoms with van der Waals surface area (Å²) in [5.41, 5.74) is 21.8. The molecule has 0 radical (unpaired) electrons. The van der Waals surface area contributed by atoms with Crippen LogP contribution in [0.5, 0.6) is 0 Å². The lowest BCUT2D eigenvalue weighted by atomic mass is 9.88. The highest BCUT2D eigenvalue weighted by Crippen LogP contribution is 2.32. The number of anilines is 2. The number of benzene rings is 2. The van der Waals surface area contributed by atoms with Crippen molar-refractivity contribution in [3.63, 3.8) is 0 Å². The summed E-state index contributed by atoms with van der Waals surface area (Å²) in [6.07, 6.45) is 0.918. The van der Waals surface area contributed by atoms with Crippen LogP contribution in [0, 0.1) is 13.8 Å². The zero-order chi connectivity index (χ0) is 17.3. The highest BCUT2D eigenvalue weighted by atomic mass is 14.6. The van der Waals surface area contributed by atoms with E-state index in [1.165, 1.54) is 22.3 Å². The van der Waals surface area contributed by atoms with E-state index < -0.39 is 0 Å². The van der Waals surface area contributed by atoms with E-state index in [1.807, 2.05) is 0 Å². The molecule has 0 saturated carbocycles. The molecular weight excluding hydrogens is 280 g/mol. The molecule has 0 fully saturated rings. The minimum Gasteiger partial charge on any atom is -0.398 e. The average Bonchev–Trinajstić information content (AvgIpc) is 2.45. The van der Waals surface area contributed by atoms with Gasteiger partial charge in [-0.15, -0.1) is 0 Å². The molecule has 4 N–H and O–H groups in total. The fraction of sp³-hybridized carbons (Fsp3) is 0.429. The van der Waals surface area contributed by atoms with E-state index in [9.17, 15) is 0 Å². The molecular formula is C21H30N2. The summed E-state index contributed by atoms with van der Waals surface area (Å²) in [7, 11) is 0. The van der Waals surface area contributed by atoms with Crippen LogP contribution in [0.15, 0.2) is 24.3 Å². The lowest BCUT2D eigenvalue weighted by molar-refractivity contribution is 0.834. The van der Waals surface area contributed by atoms with Gasteiger partial charge in [-0.3, -0.25) is 0 Å². The molecule has 0 bridgehead atoms. The SMILES string of the molecule is Cc1cc(Cc2cc(C(C)C)c(N)c(C(C)C)c2)cc(C)c1N. The van der Waals surface area contributed by atoms with Crippen molar-refractivity contribution >= 4 is 11.4 Å². The van der Waals surface area contributed by atoms with Gasteiger partial charge in [0.1, 0.15) is 0 Å². The molecule has 2 aromatic rings. The van der Waals surface area contributed by atoms with Crippen LogP contribution >= 0.6 is 0 Å². The molecule has 0 atom stereocenters. The molecule has 0 aromatic heterocycles. The summed E-state index contributed by atoms with van der Waals surface area (Å²) >= 11 is 0. The molecule has 2 nitrogen and oxygen atoms in total. The molecule has 2 rings (SSSR count). The van der Waals surface area contributed by atoms with Crippen LogP contribution in [0.3, 0.4) is 0 Å². The molecule has 0 aliphatic heterocycles. The maximum atomic E-state index is 6.40. The average molecular weight is 310 g/mol. The van der Waals surface area contributed by atoms with Crippen LogP contribution in [0.25, 0.3) is 0 Å². The second-order valence-electron chi connectivity index (χ2n) is 7.32. The minimum atomic E-state index is 0.433. The molecule has 0 amide bonds. The van der Waals surface area contributed by atoms with Crippen LogP contribution in [-0.2, 0) is 6.42 Å². The summed E-state index contributed by atoms with van der Waals surface area (Å²) < 4.78 is 0. The standard InChI is InChI=1S/C21H30N2/c1-12(2)18-10-17(11-19(13(3)4)21(18)23)9-16-7-14(5)20(22)15(6)8-16/h7-8,10-13H,9,22-23H2,1-6H3. The van der Waals surface area contributed by atoms with Crippen molar-refractivity contribution in [2.75, 3.05) is 11.5 Å². The van der Waals surface area contributed by atoms with Crippen molar-refractivity contribution in [2.45, 2.75) is 59.8 Å². The van der Waals surface area contributed by atoms with Crippen molar-refractivity contribution in [1.29, 1.82) is 0 Å². The van der Waals surface area contributed by atoms with Gasteiger partial charge in [0, 0.05) is 11.4 Å². The van der Waals surface area contributed by atoms with Crippen molar-refractivity contribution in [3.8, 4) is 0 Å². The molecule has 23 heavy (non-hydrogen) atoms. The van der Waals surface area contributed by atoms with Gasteiger partial charge in [-0.05, 0) is 65.5 Å². The Bertz CT molecular complexity index is 660. The van der Waals surface area contributed by atoms with Gasteiger partial charge in [0.25, 0.3) is 0 Å². The summed E-state index contributed by atoms with van der Waals surface area (Å²) in [5.74, 6) is 0.865. The van der Waals surface area contributed by atoms with Crippen molar-refractivity contribution in [1.82, 2.24) is 0 Å². The third kappa shape index (κ3) is 3.69. The van der Waals surface area contributed by atoms with Gasteiger partial charge in [-0.2, -0.15) is 0 Å². The summed E-state index contributed by atoms with van der Waals surface area (Å²) in [6.45, 7) is 13.0.